The Bertz CT molecular complexity index is 277. The van der Waals surface area contributed by atoms with Crippen LogP contribution >= 0.6 is 11.6 Å². The Labute approximate surface area is 96.8 Å². The summed E-state index contributed by atoms with van der Waals surface area (Å²) in [6, 6.07) is 0. The molecule has 3 nitrogen and oxygen atoms in total. The second-order valence-corrected chi connectivity index (χ2v) is 4.38. The number of unbranched alkanes of at least 4 members (excludes halogenated alkanes) is 1. The van der Waals surface area contributed by atoms with Crippen molar-refractivity contribution >= 4 is 11.6 Å². The van der Waals surface area contributed by atoms with E-state index in [0.717, 1.165) is 12.4 Å². The highest BCUT2D eigenvalue weighted by Gasteiger charge is 2.12. The first-order valence-corrected chi connectivity index (χ1v) is 6.12. The molecule has 0 aromatic carbocycles. The van der Waals surface area contributed by atoms with E-state index in [0.29, 0.717) is 11.2 Å². The molecule has 0 saturated carbocycles. The molecule has 1 rings (SSSR count). The smallest absolute Gasteiger partial charge is 0.225 e. The Morgan fingerprint density at radius 3 is 2.53 bits per heavy atom. The maximum atomic E-state index is 5.97. The summed E-state index contributed by atoms with van der Waals surface area (Å²) in [4.78, 5) is 0. The third-order valence-electron chi connectivity index (χ3n) is 2.87. The van der Waals surface area contributed by atoms with Crippen molar-refractivity contribution in [2.45, 2.75) is 53.0 Å². The average Bonchev–Trinajstić information content (AvgIpc) is 2.55. The van der Waals surface area contributed by atoms with Gasteiger partial charge in [0.25, 0.3) is 0 Å². The zero-order chi connectivity index (χ0) is 11.3. The number of aromatic nitrogens is 3. The fourth-order valence-electron chi connectivity index (χ4n) is 1.74. The van der Waals surface area contributed by atoms with Crippen LogP contribution in [0.5, 0.6) is 0 Å². The molecule has 1 aromatic heterocycles. The topological polar surface area (TPSA) is 30.7 Å². The lowest BCUT2D eigenvalue weighted by atomic mass is 9.99. The fourth-order valence-corrected chi connectivity index (χ4v) is 1.97. The third kappa shape index (κ3) is 3.49. The lowest BCUT2D eigenvalue weighted by Gasteiger charge is -2.15. The van der Waals surface area contributed by atoms with Crippen LogP contribution in [0, 0.1) is 12.8 Å². The molecule has 0 bridgehead atoms. The predicted molar refractivity (Wildman–Crippen MR) is 63.1 cm³/mol. The van der Waals surface area contributed by atoms with E-state index in [9.17, 15) is 0 Å². The number of nitrogens with zero attached hydrogens (tertiary/aromatic N) is 3. The number of halogens is 1. The normalized spacial score (nSPS) is 13.1. The van der Waals surface area contributed by atoms with Crippen molar-refractivity contribution in [2.75, 3.05) is 0 Å². The number of aryl methyl sites for hydroxylation is 1. The van der Waals surface area contributed by atoms with Crippen LogP contribution < -0.4 is 0 Å². The highest BCUT2D eigenvalue weighted by molar-refractivity contribution is 6.28. The van der Waals surface area contributed by atoms with Crippen molar-refractivity contribution < 1.29 is 0 Å². The Hall–Kier alpha value is -0.570. The molecule has 1 unspecified atom stereocenters. The molecule has 0 fully saturated rings. The van der Waals surface area contributed by atoms with E-state index < -0.39 is 0 Å². The van der Waals surface area contributed by atoms with Gasteiger partial charge in [0.05, 0.1) is 0 Å². The summed E-state index contributed by atoms with van der Waals surface area (Å²) in [6.45, 7) is 7.36. The van der Waals surface area contributed by atoms with E-state index in [-0.39, 0.29) is 0 Å². The van der Waals surface area contributed by atoms with Gasteiger partial charge in [0, 0.05) is 6.54 Å². The monoisotopic (exact) mass is 229 g/mol. The van der Waals surface area contributed by atoms with E-state index in [1.807, 2.05) is 11.5 Å². The maximum Gasteiger partial charge on any atom is 0.225 e. The molecule has 15 heavy (non-hydrogen) atoms. The summed E-state index contributed by atoms with van der Waals surface area (Å²) in [5.74, 6) is 1.60. The SMILES string of the molecule is CCCCC(CC)Cn1c(C)nnc1Cl. The van der Waals surface area contributed by atoms with Crippen molar-refractivity contribution in [3.05, 3.63) is 11.1 Å². The van der Waals surface area contributed by atoms with Gasteiger partial charge in [-0.25, -0.2) is 0 Å². The van der Waals surface area contributed by atoms with Crippen LogP contribution in [0.4, 0.5) is 0 Å². The van der Waals surface area contributed by atoms with Gasteiger partial charge >= 0.3 is 0 Å². The second kappa shape index (κ2) is 6.11. The summed E-state index contributed by atoms with van der Waals surface area (Å²) >= 11 is 5.97. The van der Waals surface area contributed by atoms with Crippen LogP contribution in [0.3, 0.4) is 0 Å². The molecule has 0 aliphatic heterocycles. The van der Waals surface area contributed by atoms with Crippen LogP contribution in [0.2, 0.25) is 5.28 Å². The van der Waals surface area contributed by atoms with E-state index in [1.54, 1.807) is 0 Å². The van der Waals surface area contributed by atoms with E-state index in [2.05, 4.69) is 24.0 Å². The fraction of sp³-hybridized carbons (Fsp3) is 0.818. The van der Waals surface area contributed by atoms with Gasteiger partial charge in [-0.1, -0.05) is 33.1 Å². The molecule has 0 aliphatic rings. The summed E-state index contributed by atoms with van der Waals surface area (Å²) in [7, 11) is 0. The second-order valence-electron chi connectivity index (χ2n) is 4.04. The number of hydrogen-bond donors (Lipinski definition) is 0. The number of hydrogen-bond acceptors (Lipinski definition) is 2. The van der Waals surface area contributed by atoms with Gasteiger partial charge in [-0.2, -0.15) is 0 Å². The van der Waals surface area contributed by atoms with Crippen molar-refractivity contribution in [1.82, 2.24) is 14.8 Å². The largest absolute Gasteiger partial charge is 0.302 e. The minimum atomic E-state index is 0.516. The summed E-state index contributed by atoms with van der Waals surface area (Å²) in [5.41, 5.74) is 0. The van der Waals surface area contributed by atoms with Gasteiger partial charge in [0.2, 0.25) is 5.28 Å². The molecule has 0 amide bonds. The van der Waals surface area contributed by atoms with Gasteiger partial charge in [0.1, 0.15) is 5.82 Å². The molecular weight excluding hydrogens is 210 g/mol. The van der Waals surface area contributed by atoms with Crippen molar-refractivity contribution in [1.29, 1.82) is 0 Å². The Balaban J connectivity index is 2.58. The van der Waals surface area contributed by atoms with E-state index >= 15 is 0 Å². The molecule has 1 heterocycles. The molecule has 1 aromatic rings. The Kier molecular flexibility index (Phi) is 5.09. The molecule has 0 radical (unpaired) electrons. The highest BCUT2D eigenvalue weighted by Crippen LogP contribution is 2.18. The minimum absolute atomic E-state index is 0.516. The summed E-state index contributed by atoms with van der Waals surface area (Å²) in [5, 5.41) is 8.34. The Morgan fingerprint density at radius 2 is 2.07 bits per heavy atom. The first kappa shape index (κ1) is 12.5. The van der Waals surface area contributed by atoms with Gasteiger partial charge in [-0.3, -0.25) is 0 Å². The zero-order valence-electron chi connectivity index (χ0n) is 9.83. The molecule has 0 aliphatic carbocycles. The van der Waals surface area contributed by atoms with Gasteiger partial charge in [0.15, 0.2) is 0 Å². The van der Waals surface area contributed by atoms with E-state index in [4.69, 9.17) is 11.6 Å². The lowest BCUT2D eigenvalue weighted by Crippen LogP contribution is -2.11. The molecule has 0 N–H and O–H groups in total. The molecule has 4 heteroatoms. The van der Waals surface area contributed by atoms with Crippen LogP contribution in [0.1, 0.15) is 45.4 Å². The molecule has 0 spiro atoms. The molecule has 1 atom stereocenters. The maximum absolute atomic E-state index is 5.97. The third-order valence-corrected chi connectivity index (χ3v) is 3.15. The summed E-state index contributed by atoms with van der Waals surface area (Å²) < 4.78 is 2.01. The summed E-state index contributed by atoms with van der Waals surface area (Å²) in [6.07, 6.45) is 5.00. The van der Waals surface area contributed by atoms with Crippen LogP contribution in [0.15, 0.2) is 0 Å². The van der Waals surface area contributed by atoms with Gasteiger partial charge in [-0.05, 0) is 30.9 Å². The minimum Gasteiger partial charge on any atom is -0.302 e. The Morgan fingerprint density at radius 1 is 1.33 bits per heavy atom. The van der Waals surface area contributed by atoms with Gasteiger partial charge in [-0.15, -0.1) is 10.2 Å². The lowest BCUT2D eigenvalue weighted by molar-refractivity contribution is 0.387. The van der Waals surface area contributed by atoms with Crippen molar-refractivity contribution in [2.24, 2.45) is 5.92 Å². The number of rotatable bonds is 6. The van der Waals surface area contributed by atoms with Crippen LogP contribution in [-0.2, 0) is 6.54 Å². The molecule has 0 saturated heterocycles. The quantitative estimate of drug-likeness (QED) is 0.748. The molecule has 86 valence electrons. The van der Waals surface area contributed by atoms with Crippen molar-refractivity contribution in [3.8, 4) is 0 Å². The zero-order valence-corrected chi connectivity index (χ0v) is 10.6. The van der Waals surface area contributed by atoms with Crippen molar-refractivity contribution in [3.63, 3.8) is 0 Å². The van der Waals surface area contributed by atoms with E-state index in [1.165, 1.54) is 25.7 Å². The van der Waals surface area contributed by atoms with Crippen LogP contribution in [0.25, 0.3) is 0 Å². The van der Waals surface area contributed by atoms with Gasteiger partial charge < -0.3 is 4.57 Å². The average molecular weight is 230 g/mol. The highest BCUT2D eigenvalue weighted by atomic mass is 35.5. The predicted octanol–water partition coefficient (Wildman–Crippen LogP) is 3.46. The van der Waals surface area contributed by atoms with Crippen LogP contribution in [-0.4, -0.2) is 14.8 Å². The first-order valence-electron chi connectivity index (χ1n) is 5.74. The first-order chi connectivity index (χ1) is 7.19. The molecular formula is C11H20ClN3. The standard InChI is InChI=1S/C11H20ClN3/c1-4-6-7-10(5-2)8-15-9(3)13-14-11(15)12/h10H,4-8H2,1-3H3.